The SMILES string of the molecule is COc1ccccc1/C=C(\C#N)C(=O)N1CCN(c2ccccc2F)CC1. The Morgan fingerprint density at radius 1 is 1.11 bits per heavy atom. The molecule has 0 saturated carbocycles. The number of piperazine rings is 1. The van der Waals surface area contributed by atoms with Crippen molar-refractivity contribution < 1.29 is 13.9 Å². The number of benzene rings is 2. The van der Waals surface area contributed by atoms with E-state index in [1.165, 1.54) is 6.07 Å². The minimum absolute atomic E-state index is 0.0545. The van der Waals surface area contributed by atoms with E-state index in [4.69, 9.17) is 4.74 Å². The zero-order valence-electron chi connectivity index (χ0n) is 15.1. The van der Waals surface area contributed by atoms with Crippen LogP contribution in [0.15, 0.2) is 54.1 Å². The minimum atomic E-state index is -0.323. The van der Waals surface area contributed by atoms with E-state index in [1.807, 2.05) is 23.1 Å². The van der Waals surface area contributed by atoms with Gasteiger partial charge in [0.2, 0.25) is 0 Å². The number of nitriles is 1. The lowest BCUT2D eigenvalue weighted by molar-refractivity contribution is -0.126. The molecule has 0 spiro atoms. The molecule has 1 heterocycles. The number of hydrogen-bond donors (Lipinski definition) is 0. The molecule has 0 N–H and O–H groups in total. The largest absolute Gasteiger partial charge is 0.496 e. The summed E-state index contributed by atoms with van der Waals surface area (Å²) >= 11 is 0. The van der Waals surface area contributed by atoms with Gasteiger partial charge in [-0.2, -0.15) is 5.26 Å². The molecular formula is C21H20FN3O2. The fraction of sp³-hybridized carbons (Fsp3) is 0.238. The van der Waals surface area contributed by atoms with Crippen LogP contribution < -0.4 is 9.64 Å². The van der Waals surface area contributed by atoms with Gasteiger partial charge in [0, 0.05) is 31.7 Å². The van der Waals surface area contributed by atoms with Crippen LogP contribution in [0.25, 0.3) is 6.08 Å². The maximum atomic E-state index is 13.9. The summed E-state index contributed by atoms with van der Waals surface area (Å²) in [5, 5.41) is 9.45. The maximum absolute atomic E-state index is 13.9. The van der Waals surface area contributed by atoms with Crippen LogP contribution in [0.1, 0.15) is 5.56 Å². The van der Waals surface area contributed by atoms with Crippen LogP contribution in [-0.2, 0) is 4.79 Å². The molecule has 6 heteroatoms. The summed E-state index contributed by atoms with van der Waals surface area (Å²) in [6, 6.07) is 15.8. The van der Waals surface area contributed by atoms with Crippen molar-refractivity contribution in [2.24, 2.45) is 0 Å². The summed E-state index contributed by atoms with van der Waals surface area (Å²) < 4.78 is 19.2. The molecule has 0 unspecified atom stereocenters. The molecule has 1 amide bonds. The highest BCUT2D eigenvalue weighted by Crippen LogP contribution is 2.23. The van der Waals surface area contributed by atoms with E-state index in [9.17, 15) is 14.4 Å². The quantitative estimate of drug-likeness (QED) is 0.617. The molecule has 0 atom stereocenters. The van der Waals surface area contributed by atoms with Crippen LogP contribution in [0.4, 0.5) is 10.1 Å². The lowest BCUT2D eigenvalue weighted by Gasteiger charge is -2.36. The van der Waals surface area contributed by atoms with E-state index in [2.05, 4.69) is 0 Å². The molecule has 27 heavy (non-hydrogen) atoms. The van der Waals surface area contributed by atoms with E-state index < -0.39 is 0 Å². The summed E-state index contributed by atoms with van der Waals surface area (Å²) in [5.74, 6) is 0.00470. The summed E-state index contributed by atoms with van der Waals surface area (Å²) in [5.41, 5.74) is 1.27. The van der Waals surface area contributed by atoms with Crippen molar-refractivity contribution in [2.75, 3.05) is 38.2 Å². The number of methoxy groups -OCH3 is 1. The number of carbonyl (C=O) groups excluding carboxylic acids is 1. The number of carbonyl (C=O) groups is 1. The summed E-state index contributed by atoms with van der Waals surface area (Å²) in [4.78, 5) is 16.3. The molecule has 0 radical (unpaired) electrons. The van der Waals surface area contributed by atoms with Crippen LogP contribution in [0.2, 0.25) is 0 Å². The third-order valence-corrected chi connectivity index (χ3v) is 4.55. The second-order valence-corrected chi connectivity index (χ2v) is 6.14. The monoisotopic (exact) mass is 365 g/mol. The first-order valence-electron chi connectivity index (χ1n) is 8.67. The first kappa shape index (κ1) is 18.5. The Hall–Kier alpha value is -3.33. The van der Waals surface area contributed by atoms with E-state index >= 15 is 0 Å². The van der Waals surface area contributed by atoms with E-state index in [0.717, 1.165) is 0 Å². The summed E-state index contributed by atoms with van der Waals surface area (Å²) in [6.07, 6.45) is 1.55. The average Bonchev–Trinajstić information content (AvgIpc) is 2.72. The van der Waals surface area contributed by atoms with Crippen molar-refractivity contribution in [2.45, 2.75) is 0 Å². The topological polar surface area (TPSA) is 56.6 Å². The Balaban J connectivity index is 1.72. The molecule has 1 aliphatic heterocycles. The van der Waals surface area contributed by atoms with Crippen LogP contribution in [0, 0.1) is 17.1 Å². The first-order chi connectivity index (χ1) is 13.1. The molecule has 0 aromatic heterocycles. The van der Waals surface area contributed by atoms with Gasteiger partial charge in [0.15, 0.2) is 0 Å². The molecule has 5 nitrogen and oxygen atoms in total. The smallest absolute Gasteiger partial charge is 0.264 e. The minimum Gasteiger partial charge on any atom is -0.496 e. The highest BCUT2D eigenvalue weighted by Gasteiger charge is 2.25. The number of halogens is 1. The van der Waals surface area contributed by atoms with Crippen molar-refractivity contribution >= 4 is 17.7 Å². The van der Waals surface area contributed by atoms with Gasteiger partial charge in [0.05, 0.1) is 12.8 Å². The Kier molecular flexibility index (Phi) is 5.72. The first-order valence-corrected chi connectivity index (χ1v) is 8.67. The zero-order valence-corrected chi connectivity index (χ0v) is 15.1. The summed E-state index contributed by atoms with van der Waals surface area (Å²) in [7, 11) is 1.54. The molecule has 2 aromatic carbocycles. The van der Waals surface area contributed by atoms with Crippen LogP contribution in [-0.4, -0.2) is 44.1 Å². The molecular weight excluding hydrogens is 345 g/mol. The van der Waals surface area contributed by atoms with Crippen LogP contribution >= 0.6 is 0 Å². The number of hydrogen-bond acceptors (Lipinski definition) is 4. The van der Waals surface area contributed by atoms with Gasteiger partial charge in [0.25, 0.3) is 5.91 Å². The van der Waals surface area contributed by atoms with Gasteiger partial charge in [-0.1, -0.05) is 30.3 Å². The number of amides is 1. The summed E-state index contributed by atoms with van der Waals surface area (Å²) in [6.45, 7) is 1.89. The van der Waals surface area contributed by atoms with E-state index in [1.54, 1.807) is 48.4 Å². The molecule has 2 aromatic rings. The van der Waals surface area contributed by atoms with Gasteiger partial charge in [-0.3, -0.25) is 4.79 Å². The molecule has 1 aliphatic rings. The van der Waals surface area contributed by atoms with Crippen molar-refractivity contribution in [3.05, 3.63) is 65.5 Å². The standard InChI is InChI=1S/C21H20FN3O2/c1-27-20-9-5-2-6-16(20)14-17(15-23)21(26)25-12-10-24(11-13-25)19-8-4-3-7-18(19)22/h2-9,14H,10-13H2,1H3/b17-14+. The van der Waals surface area contributed by atoms with E-state index in [0.29, 0.717) is 43.2 Å². The Morgan fingerprint density at radius 3 is 2.44 bits per heavy atom. The van der Waals surface area contributed by atoms with Crippen molar-refractivity contribution in [1.82, 2.24) is 4.90 Å². The lowest BCUT2D eigenvalue weighted by Crippen LogP contribution is -2.49. The van der Waals surface area contributed by atoms with Gasteiger partial charge in [-0.05, 0) is 24.3 Å². The van der Waals surface area contributed by atoms with Crippen LogP contribution in [0.5, 0.6) is 5.75 Å². The second kappa shape index (κ2) is 8.37. The number of anilines is 1. The number of rotatable bonds is 4. The highest BCUT2D eigenvalue weighted by molar-refractivity contribution is 6.02. The van der Waals surface area contributed by atoms with Crippen molar-refractivity contribution in [3.8, 4) is 11.8 Å². The molecule has 0 bridgehead atoms. The average molecular weight is 365 g/mol. The highest BCUT2D eigenvalue weighted by atomic mass is 19.1. The van der Waals surface area contributed by atoms with Gasteiger partial charge in [0.1, 0.15) is 23.2 Å². The Labute approximate surface area is 157 Å². The molecule has 138 valence electrons. The maximum Gasteiger partial charge on any atom is 0.264 e. The third-order valence-electron chi connectivity index (χ3n) is 4.55. The van der Waals surface area contributed by atoms with Crippen molar-refractivity contribution in [1.29, 1.82) is 5.26 Å². The molecule has 0 aliphatic carbocycles. The third kappa shape index (κ3) is 4.09. The van der Waals surface area contributed by atoms with Gasteiger partial charge < -0.3 is 14.5 Å². The fourth-order valence-electron chi connectivity index (χ4n) is 3.11. The molecule has 1 fully saturated rings. The molecule has 3 rings (SSSR count). The second-order valence-electron chi connectivity index (χ2n) is 6.14. The Morgan fingerprint density at radius 2 is 1.78 bits per heavy atom. The van der Waals surface area contributed by atoms with E-state index in [-0.39, 0.29) is 17.3 Å². The van der Waals surface area contributed by atoms with Gasteiger partial charge in [-0.15, -0.1) is 0 Å². The number of para-hydroxylation sites is 2. The van der Waals surface area contributed by atoms with Gasteiger partial charge in [-0.25, -0.2) is 4.39 Å². The Bertz CT molecular complexity index is 896. The predicted octanol–water partition coefficient (Wildman–Crippen LogP) is 3.09. The zero-order chi connectivity index (χ0) is 19.2. The van der Waals surface area contributed by atoms with Crippen molar-refractivity contribution in [3.63, 3.8) is 0 Å². The lowest BCUT2D eigenvalue weighted by atomic mass is 10.1. The van der Waals surface area contributed by atoms with Gasteiger partial charge >= 0.3 is 0 Å². The molecule has 1 saturated heterocycles. The number of nitrogens with zero attached hydrogens (tertiary/aromatic N) is 3. The van der Waals surface area contributed by atoms with Crippen LogP contribution in [0.3, 0.4) is 0 Å². The predicted molar refractivity (Wildman–Crippen MR) is 102 cm³/mol. The fourth-order valence-corrected chi connectivity index (χ4v) is 3.11. The normalized spacial score (nSPS) is 14.6. The number of ether oxygens (including phenoxy) is 1.